The van der Waals surface area contributed by atoms with Crippen LogP contribution in [-0.4, -0.2) is 5.78 Å². The maximum Gasteiger partial charge on any atom is 0.132 e. The van der Waals surface area contributed by atoms with Gasteiger partial charge in [-0.05, 0) is 25.7 Å². The second-order valence-electron chi connectivity index (χ2n) is 3.18. The Morgan fingerprint density at radius 3 is 2.58 bits per heavy atom. The standard InChI is InChI=1S/C11H20O/c1-3-5-6-7-8-10-11(12)9-4-2/h3H,1,4-10H2,2H3. The lowest BCUT2D eigenvalue weighted by Crippen LogP contribution is -1.95. The number of hydrogen-bond acceptors (Lipinski definition) is 1. The van der Waals surface area contributed by atoms with Gasteiger partial charge < -0.3 is 0 Å². The molecule has 0 aliphatic carbocycles. The summed E-state index contributed by atoms with van der Waals surface area (Å²) in [5.74, 6) is 0.427. The molecule has 0 bridgehead atoms. The van der Waals surface area contributed by atoms with Gasteiger partial charge in [-0.2, -0.15) is 0 Å². The summed E-state index contributed by atoms with van der Waals surface area (Å²) in [6.45, 7) is 5.71. The minimum absolute atomic E-state index is 0.427. The van der Waals surface area contributed by atoms with E-state index < -0.39 is 0 Å². The Morgan fingerprint density at radius 2 is 2.00 bits per heavy atom. The summed E-state index contributed by atoms with van der Waals surface area (Å²) in [5, 5.41) is 0. The average Bonchev–Trinajstić information content (AvgIpc) is 2.05. The highest BCUT2D eigenvalue weighted by atomic mass is 16.1. The zero-order valence-electron chi connectivity index (χ0n) is 8.14. The first-order valence-corrected chi connectivity index (χ1v) is 4.93. The molecule has 0 heterocycles. The van der Waals surface area contributed by atoms with Crippen LogP contribution < -0.4 is 0 Å². The Morgan fingerprint density at radius 1 is 1.25 bits per heavy atom. The van der Waals surface area contributed by atoms with Crippen LogP contribution in [0.1, 0.15) is 51.9 Å². The van der Waals surface area contributed by atoms with Gasteiger partial charge in [0.05, 0.1) is 0 Å². The fourth-order valence-corrected chi connectivity index (χ4v) is 1.19. The molecular formula is C11H20O. The summed E-state index contributed by atoms with van der Waals surface area (Å²) in [7, 11) is 0. The van der Waals surface area contributed by atoms with Crippen molar-refractivity contribution in [3.05, 3.63) is 12.7 Å². The molecule has 0 saturated carbocycles. The number of carbonyl (C=O) groups is 1. The van der Waals surface area contributed by atoms with Gasteiger partial charge in [0.2, 0.25) is 0 Å². The van der Waals surface area contributed by atoms with E-state index in [0.29, 0.717) is 5.78 Å². The van der Waals surface area contributed by atoms with Crippen LogP contribution in [0.5, 0.6) is 0 Å². The topological polar surface area (TPSA) is 17.1 Å². The molecule has 0 aliphatic heterocycles. The van der Waals surface area contributed by atoms with E-state index >= 15 is 0 Å². The van der Waals surface area contributed by atoms with Gasteiger partial charge in [-0.25, -0.2) is 0 Å². The highest BCUT2D eigenvalue weighted by Crippen LogP contribution is 2.05. The van der Waals surface area contributed by atoms with Crippen molar-refractivity contribution < 1.29 is 4.79 Å². The Hall–Kier alpha value is -0.590. The third-order valence-electron chi connectivity index (χ3n) is 1.89. The maximum absolute atomic E-state index is 11.1. The first-order chi connectivity index (χ1) is 5.81. The molecule has 0 aromatic rings. The van der Waals surface area contributed by atoms with Gasteiger partial charge in [0, 0.05) is 12.8 Å². The van der Waals surface area contributed by atoms with Crippen LogP contribution in [0.3, 0.4) is 0 Å². The summed E-state index contributed by atoms with van der Waals surface area (Å²) in [5.41, 5.74) is 0. The van der Waals surface area contributed by atoms with Crippen LogP contribution in [0.15, 0.2) is 12.7 Å². The molecule has 0 aliphatic rings. The molecule has 0 saturated heterocycles. The summed E-state index contributed by atoms with van der Waals surface area (Å²) < 4.78 is 0. The SMILES string of the molecule is C=CCCCCCC(=O)CCC. The minimum atomic E-state index is 0.427. The molecule has 0 aromatic carbocycles. The predicted octanol–water partition coefficient (Wildman–Crippen LogP) is 3.49. The number of rotatable bonds is 8. The number of ketones is 1. The number of carbonyl (C=O) groups excluding carboxylic acids is 1. The fraction of sp³-hybridized carbons (Fsp3) is 0.727. The van der Waals surface area contributed by atoms with Crippen LogP contribution in [0.2, 0.25) is 0 Å². The Labute approximate surface area is 75.9 Å². The van der Waals surface area contributed by atoms with Crippen molar-refractivity contribution in [1.82, 2.24) is 0 Å². The monoisotopic (exact) mass is 168 g/mol. The summed E-state index contributed by atoms with van der Waals surface area (Å²) in [6, 6.07) is 0. The second kappa shape index (κ2) is 8.51. The number of allylic oxidation sites excluding steroid dienone is 1. The first kappa shape index (κ1) is 11.4. The third kappa shape index (κ3) is 7.52. The maximum atomic E-state index is 11.1. The molecule has 0 N–H and O–H groups in total. The van der Waals surface area contributed by atoms with Crippen molar-refractivity contribution in [3.63, 3.8) is 0 Å². The van der Waals surface area contributed by atoms with Crippen LogP contribution in [0.4, 0.5) is 0 Å². The van der Waals surface area contributed by atoms with Gasteiger partial charge in [-0.3, -0.25) is 4.79 Å². The lowest BCUT2D eigenvalue weighted by Gasteiger charge is -1.98. The molecule has 1 heteroatoms. The molecule has 0 fully saturated rings. The lowest BCUT2D eigenvalue weighted by atomic mass is 10.1. The van der Waals surface area contributed by atoms with Gasteiger partial charge in [-0.15, -0.1) is 6.58 Å². The Bertz CT molecular complexity index is 127. The average molecular weight is 168 g/mol. The van der Waals surface area contributed by atoms with Crippen LogP contribution in [-0.2, 0) is 4.79 Å². The van der Waals surface area contributed by atoms with Crippen molar-refractivity contribution in [2.45, 2.75) is 51.9 Å². The van der Waals surface area contributed by atoms with Crippen molar-refractivity contribution in [2.75, 3.05) is 0 Å². The normalized spacial score (nSPS) is 9.75. The number of unbranched alkanes of at least 4 members (excludes halogenated alkanes) is 3. The highest BCUT2D eigenvalue weighted by molar-refractivity contribution is 5.78. The summed E-state index contributed by atoms with van der Waals surface area (Å²) in [6.07, 6.45) is 8.98. The fourth-order valence-electron chi connectivity index (χ4n) is 1.19. The van der Waals surface area contributed by atoms with Gasteiger partial charge in [0.1, 0.15) is 5.78 Å². The van der Waals surface area contributed by atoms with Gasteiger partial charge in [0.15, 0.2) is 0 Å². The molecule has 70 valence electrons. The van der Waals surface area contributed by atoms with Gasteiger partial charge in [-0.1, -0.05) is 19.4 Å². The Kier molecular flexibility index (Phi) is 8.09. The summed E-state index contributed by atoms with van der Waals surface area (Å²) >= 11 is 0. The van der Waals surface area contributed by atoms with E-state index in [2.05, 4.69) is 13.5 Å². The smallest absolute Gasteiger partial charge is 0.132 e. The number of Topliss-reactive ketones (excluding diaryl/α,β-unsaturated/α-hetero) is 1. The highest BCUT2D eigenvalue weighted by Gasteiger charge is 1.98. The van der Waals surface area contributed by atoms with Crippen molar-refractivity contribution in [3.8, 4) is 0 Å². The van der Waals surface area contributed by atoms with E-state index in [1.165, 1.54) is 12.8 Å². The first-order valence-electron chi connectivity index (χ1n) is 4.93. The Balaban J connectivity index is 3.08. The van der Waals surface area contributed by atoms with E-state index in [1.807, 2.05) is 6.08 Å². The largest absolute Gasteiger partial charge is 0.300 e. The molecule has 0 radical (unpaired) electrons. The molecule has 0 amide bonds. The molecule has 0 atom stereocenters. The molecule has 0 spiro atoms. The van der Waals surface area contributed by atoms with E-state index in [4.69, 9.17) is 0 Å². The summed E-state index contributed by atoms with van der Waals surface area (Å²) in [4.78, 5) is 11.1. The zero-order valence-corrected chi connectivity index (χ0v) is 8.14. The second-order valence-corrected chi connectivity index (χ2v) is 3.18. The lowest BCUT2D eigenvalue weighted by molar-refractivity contribution is -0.119. The third-order valence-corrected chi connectivity index (χ3v) is 1.89. The van der Waals surface area contributed by atoms with Crippen molar-refractivity contribution in [2.24, 2.45) is 0 Å². The molecule has 12 heavy (non-hydrogen) atoms. The van der Waals surface area contributed by atoms with Crippen LogP contribution in [0, 0.1) is 0 Å². The molecular weight excluding hydrogens is 148 g/mol. The van der Waals surface area contributed by atoms with E-state index in [-0.39, 0.29) is 0 Å². The zero-order chi connectivity index (χ0) is 9.23. The van der Waals surface area contributed by atoms with E-state index in [9.17, 15) is 4.79 Å². The van der Waals surface area contributed by atoms with Crippen molar-refractivity contribution in [1.29, 1.82) is 0 Å². The quantitative estimate of drug-likeness (QED) is 0.400. The number of hydrogen-bond donors (Lipinski definition) is 0. The van der Waals surface area contributed by atoms with Crippen LogP contribution >= 0.6 is 0 Å². The van der Waals surface area contributed by atoms with Gasteiger partial charge >= 0.3 is 0 Å². The molecule has 0 unspecified atom stereocenters. The molecule has 0 rings (SSSR count). The van der Waals surface area contributed by atoms with E-state index in [1.54, 1.807) is 0 Å². The molecule has 0 aromatic heterocycles. The minimum Gasteiger partial charge on any atom is -0.300 e. The van der Waals surface area contributed by atoms with E-state index in [0.717, 1.165) is 32.1 Å². The van der Waals surface area contributed by atoms with Gasteiger partial charge in [0.25, 0.3) is 0 Å². The van der Waals surface area contributed by atoms with Crippen molar-refractivity contribution >= 4 is 5.78 Å². The predicted molar refractivity (Wildman–Crippen MR) is 53.2 cm³/mol. The molecule has 1 nitrogen and oxygen atoms in total. The van der Waals surface area contributed by atoms with Crippen LogP contribution in [0.25, 0.3) is 0 Å².